The van der Waals surface area contributed by atoms with Gasteiger partial charge in [-0.25, -0.2) is 4.39 Å². The molecule has 1 aromatic carbocycles. The molecule has 1 aromatic rings. The molecule has 1 unspecified atom stereocenters. The standard InChI is InChI=1S/C19H28FN3O4/c1-3-26-12-13-27-15(2)19(25)23-10-8-22(9-11-23)14-18(24)21-17-6-4-16(20)5-7-17/h4-7,15H,3,8-14H2,1-2H3,(H,21,24). The molecule has 27 heavy (non-hydrogen) atoms. The molecular weight excluding hydrogens is 353 g/mol. The highest BCUT2D eigenvalue weighted by atomic mass is 19.1. The fourth-order valence-electron chi connectivity index (χ4n) is 2.82. The summed E-state index contributed by atoms with van der Waals surface area (Å²) in [4.78, 5) is 28.2. The number of carbonyl (C=O) groups excluding carboxylic acids is 2. The van der Waals surface area contributed by atoms with Gasteiger partial charge in [-0.3, -0.25) is 14.5 Å². The van der Waals surface area contributed by atoms with Gasteiger partial charge in [0.05, 0.1) is 19.8 Å². The minimum absolute atomic E-state index is 0.0399. The molecular formula is C19H28FN3O4. The molecule has 0 saturated carbocycles. The van der Waals surface area contributed by atoms with Crippen LogP contribution in [-0.2, 0) is 19.1 Å². The molecule has 1 N–H and O–H groups in total. The summed E-state index contributed by atoms with van der Waals surface area (Å²) in [5.41, 5.74) is 0.563. The number of benzene rings is 1. The number of carbonyl (C=O) groups is 2. The van der Waals surface area contributed by atoms with Crippen LogP contribution in [0.5, 0.6) is 0 Å². The van der Waals surface area contributed by atoms with E-state index in [9.17, 15) is 14.0 Å². The first-order valence-electron chi connectivity index (χ1n) is 9.25. The number of halogens is 1. The van der Waals surface area contributed by atoms with Crippen molar-refractivity contribution in [3.8, 4) is 0 Å². The highest BCUT2D eigenvalue weighted by Crippen LogP contribution is 2.09. The van der Waals surface area contributed by atoms with E-state index in [4.69, 9.17) is 9.47 Å². The van der Waals surface area contributed by atoms with E-state index in [0.29, 0.717) is 51.7 Å². The highest BCUT2D eigenvalue weighted by Gasteiger charge is 2.26. The summed E-state index contributed by atoms with van der Waals surface area (Å²) in [5.74, 6) is -0.541. The van der Waals surface area contributed by atoms with Crippen LogP contribution >= 0.6 is 0 Å². The monoisotopic (exact) mass is 381 g/mol. The third kappa shape index (κ3) is 7.24. The van der Waals surface area contributed by atoms with Crippen molar-refractivity contribution in [3.63, 3.8) is 0 Å². The predicted octanol–water partition coefficient (Wildman–Crippen LogP) is 1.35. The lowest BCUT2D eigenvalue weighted by molar-refractivity contribution is -0.145. The largest absolute Gasteiger partial charge is 0.379 e. The number of hydrogen-bond donors (Lipinski definition) is 1. The van der Waals surface area contributed by atoms with Gasteiger partial charge in [-0.05, 0) is 38.1 Å². The van der Waals surface area contributed by atoms with Crippen molar-refractivity contribution in [1.82, 2.24) is 9.80 Å². The summed E-state index contributed by atoms with van der Waals surface area (Å²) in [5, 5.41) is 2.74. The molecule has 1 saturated heterocycles. The second-order valence-electron chi connectivity index (χ2n) is 6.37. The van der Waals surface area contributed by atoms with Gasteiger partial charge in [0.1, 0.15) is 11.9 Å². The first-order chi connectivity index (χ1) is 13.0. The second-order valence-corrected chi connectivity index (χ2v) is 6.37. The van der Waals surface area contributed by atoms with E-state index in [-0.39, 0.29) is 24.2 Å². The molecule has 0 radical (unpaired) electrons. The zero-order valence-corrected chi connectivity index (χ0v) is 15.9. The Morgan fingerprint density at radius 1 is 1.15 bits per heavy atom. The van der Waals surface area contributed by atoms with Crippen molar-refractivity contribution >= 4 is 17.5 Å². The van der Waals surface area contributed by atoms with Crippen molar-refractivity contribution in [2.75, 3.05) is 57.9 Å². The minimum atomic E-state index is -0.501. The maximum atomic E-state index is 12.9. The molecule has 0 aromatic heterocycles. The third-order valence-corrected chi connectivity index (χ3v) is 4.33. The van der Waals surface area contributed by atoms with Crippen LogP contribution in [0.25, 0.3) is 0 Å². The van der Waals surface area contributed by atoms with Gasteiger partial charge < -0.3 is 19.7 Å². The van der Waals surface area contributed by atoms with Crippen molar-refractivity contribution in [2.45, 2.75) is 20.0 Å². The summed E-state index contributed by atoms with van der Waals surface area (Å²) in [6, 6.07) is 5.66. The Morgan fingerprint density at radius 3 is 2.44 bits per heavy atom. The SMILES string of the molecule is CCOCCOC(C)C(=O)N1CCN(CC(=O)Nc2ccc(F)cc2)CC1. The summed E-state index contributed by atoms with van der Waals surface area (Å²) in [6.07, 6.45) is -0.501. The van der Waals surface area contributed by atoms with Crippen LogP contribution in [0.2, 0.25) is 0 Å². The molecule has 1 heterocycles. The molecule has 0 aliphatic carbocycles. The van der Waals surface area contributed by atoms with Gasteiger partial charge in [0.25, 0.3) is 5.91 Å². The first kappa shape index (κ1) is 21.3. The number of piperazine rings is 1. The average Bonchev–Trinajstić information content (AvgIpc) is 2.67. The number of nitrogens with one attached hydrogen (secondary N) is 1. The van der Waals surface area contributed by atoms with E-state index in [1.54, 1.807) is 11.8 Å². The number of rotatable bonds is 9. The van der Waals surface area contributed by atoms with Crippen LogP contribution in [0.1, 0.15) is 13.8 Å². The fraction of sp³-hybridized carbons (Fsp3) is 0.579. The molecule has 1 atom stereocenters. The van der Waals surface area contributed by atoms with Crippen LogP contribution in [-0.4, -0.2) is 80.3 Å². The summed E-state index contributed by atoms with van der Waals surface area (Å²) in [7, 11) is 0. The number of anilines is 1. The number of amides is 2. The summed E-state index contributed by atoms with van der Waals surface area (Å²) >= 11 is 0. The van der Waals surface area contributed by atoms with E-state index < -0.39 is 6.10 Å². The lowest BCUT2D eigenvalue weighted by atomic mass is 10.2. The first-order valence-corrected chi connectivity index (χ1v) is 9.25. The topological polar surface area (TPSA) is 71.1 Å². The van der Waals surface area contributed by atoms with Crippen LogP contribution in [0.4, 0.5) is 10.1 Å². The quantitative estimate of drug-likeness (QED) is 0.654. The Hall–Kier alpha value is -2.03. The molecule has 2 rings (SSSR count). The van der Waals surface area contributed by atoms with Gasteiger partial charge in [0.2, 0.25) is 5.91 Å². The van der Waals surface area contributed by atoms with Crippen LogP contribution < -0.4 is 5.32 Å². The minimum Gasteiger partial charge on any atom is -0.379 e. The van der Waals surface area contributed by atoms with Gasteiger partial charge in [0, 0.05) is 38.5 Å². The number of nitrogens with zero attached hydrogens (tertiary/aromatic N) is 2. The van der Waals surface area contributed by atoms with Crippen molar-refractivity contribution in [2.24, 2.45) is 0 Å². The molecule has 1 aliphatic rings. The highest BCUT2D eigenvalue weighted by molar-refractivity contribution is 5.92. The Balaban J connectivity index is 1.68. The zero-order chi connectivity index (χ0) is 19.6. The lowest BCUT2D eigenvalue weighted by Gasteiger charge is -2.35. The van der Waals surface area contributed by atoms with Crippen molar-refractivity contribution < 1.29 is 23.5 Å². The molecule has 7 nitrogen and oxygen atoms in total. The van der Waals surface area contributed by atoms with E-state index in [0.717, 1.165) is 0 Å². The second kappa shape index (κ2) is 11.0. The average molecular weight is 381 g/mol. The van der Waals surface area contributed by atoms with E-state index in [2.05, 4.69) is 5.32 Å². The van der Waals surface area contributed by atoms with Gasteiger partial charge >= 0.3 is 0 Å². The van der Waals surface area contributed by atoms with Gasteiger partial charge in [-0.15, -0.1) is 0 Å². The van der Waals surface area contributed by atoms with E-state index >= 15 is 0 Å². The fourth-order valence-corrected chi connectivity index (χ4v) is 2.82. The maximum absolute atomic E-state index is 12.9. The van der Waals surface area contributed by atoms with Gasteiger partial charge in [-0.2, -0.15) is 0 Å². The molecule has 150 valence electrons. The number of ether oxygens (including phenoxy) is 2. The molecule has 1 fully saturated rings. The summed E-state index contributed by atoms with van der Waals surface area (Å²) in [6.45, 7) is 7.74. The Labute approximate surface area is 159 Å². The van der Waals surface area contributed by atoms with Crippen LogP contribution in [0.15, 0.2) is 24.3 Å². The smallest absolute Gasteiger partial charge is 0.251 e. The van der Waals surface area contributed by atoms with Crippen molar-refractivity contribution in [3.05, 3.63) is 30.1 Å². The Kier molecular flexibility index (Phi) is 8.63. The molecule has 8 heteroatoms. The molecule has 1 aliphatic heterocycles. The van der Waals surface area contributed by atoms with Gasteiger partial charge in [-0.1, -0.05) is 0 Å². The van der Waals surface area contributed by atoms with E-state index in [1.807, 2.05) is 11.8 Å². The Morgan fingerprint density at radius 2 is 1.81 bits per heavy atom. The molecule has 0 spiro atoms. The van der Waals surface area contributed by atoms with Crippen molar-refractivity contribution in [1.29, 1.82) is 0 Å². The van der Waals surface area contributed by atoms with Crippen LogP contribution in [0.3, 0.4) is 0 Å². The Bertz CT molecular complexity index is 603. The molecule has 2 amide bonds. The normalized spacial score (nSPS) is 16.2. The van der Waals surface area contributed by atoms with E-state index in [1.165, 1.54) is 24.3 Å². The number of hydrogen-bond acceptors (Lipinski definition) is 5. The maximum Gasteiger partial charge on any atom is 0.251 e. The molecule has 0 bridgehead atoms. The predicted molar refractivity (Wildman–Crippen MR) is 100.0 cm³/mol. The third-order valence-electron chi connectivity index (χ3n) is 4.33. The van der Waals surface area contributed by atoms with Crippen LogP contribution in [0, 0.1) is 5.82 Å². The van der Waals surface area contributed by atoms with Gasteiger partial charge in [0.15, 0.2) is 0 Å². The zero-order valence-electron chi connectivity index (χ0n) is 15.9. The summed E-state index contributed by atoms with van der Waals surface area (Å²) < 4.78 is 23.6. The lowest BCUT2D eigenvalue weighted by Crippen LogP contribution is -2.52.